The number of benzene rings is 1. The Morgan fingerprint density at radius 1 is 1.00 bits per heavy atom. The minimum atomic E-state index is 0.124. The third kappa shape index (κ3) is 5.67. The van der Waals surface area contributed by atoms with Gasteiger partial charge in [0.2, 0.25) is 5.91 Å². The molecule has 160 valence electrons. The van der Waals surface area contributed by atoms with Crippen LogP contribution in [-0.2, 0) is 17.9 Å². The number of piperidine rings is 2. The molecule has 2 aromatic rings. The topological polar surface area (TPSA) is 48.5 Å². The zero-order valence-corrected chi connectivity index (χ0v) is 18.1. The van der Waals surface area contributed by atoms with Gasteiger partial charge in [-0.15, -0.1) is 0 Å². The largest absolute Gasteiger partial charge is 0.352 e. The molecular formula is C25H34N4O. The van der Waals surface area contributed by atoms with E-state index in [9.17, 15) is 4.79 Å². The minimum absolute atomic E-state index is 0.124. The first-order valence-electron chi connectivity index (χ1n) is 11.4. The Hall–Kier alpha value is -2.24. The monoisotopic (exact) mass is 406 g/mol. The first-order valence-corrected chi connectivity index (χ1v) is 11.4. The highest BCUT2D eigenvalue weighted by molar-refractivity contribution is 5.79. The lowest BCUT2D eigenvalue weighted by atomic mass is 9.93. The molecule has 1 amide bonds. The molecule has 2 fully saturated rings. The molecule has 0 aliphatic carbocycles. The summed E-state index contributed by atoms with van der Waals surface area (Å²) in [5.74, 6) is 0.342. The number of carbonyl (C=O) groups excluding carboxylic acids is 1. The fourth-order valence-corrected chi connectivity index (χ4v) is 4.78. The summed E-state index contributed by atoms with van der Waals surface area (Å²) in [6.45, 7) is 8.04. The van der Waals surface area contributed by atoms with E-state index in [1.165, 1.54) is 29.5 Å². The quantitative estimate of drug-likeness (QED) is 0.799. The van der Waals surface area contributed by atoms with E-state index in [4.69, 9.17) is 0 Å². The van der Waals surface area contributed by atoms with E-state index in [0.29, 0.717) is 12.6 Å². The van der Waals surface area contributed by atoms with Crippen molar-refractivity contribution in [1.29, 1.82) is 0 Å². The predicted octanol–water partition coefficient (Wildman–Crippen LogP) is 3.38. The molecule has 5 heteroatoms. The lowest BCUT2D eigenvalue weighted by molar-refractivity contribution is -0.127. The van der Waals surface area contributed by atoms with Gasteiger partial charge in [0.15, 0.2) is 0 Å². The number of hydrogen-bond acceptors (Lipinski definition) is 4. The van der Waals surface area contributed by atoms with Crippen molar-refractivity contribution >= 4 is 5.91 Å². The molecule has 1 aromatic carbocycles. The van der Waals surface area contributed by atoms with Gasteiger partial charge in [-0.25, -0.2) is 0 Å². The Kier molecular flexibility index (Phi) is 7.13. The molecule has 0 bridgehead atoms. The van der Waals surface area contributed by atoms with Gasteiger partial charge < -0.3 is 5.32 Å². The van der Waals surface area contributed by atoms with Crippen molar-refractivity contribution < 1.29 is 4.79 Å². The van der Waals surface area contributed by atoms with Crippen molar-refractivity contribution in [2.24, 2.45) is 5.92 Å². The highest BCUT2D eigenvalue weighted by Crippen LogP contribution is 2.24. The van der Waals surface area contributed by atoms with E-state index in [0.717, 1.165) is 45.6 Å². The van der Waals surface area contributed by atoms with Crippen molar-refractivity contribution in [2.75, 3.05) is 26.2 Å². The number of nitrogens with one attached hydrogen (secondary N) is 1. The van der Waals surface area contributed by atoms with Gasteiger partial charge in [-0.2, -0.15) is 0 Å². The number of hydrogen-bond donors (Lipinski definition) is 1. The molecule has 2 aliphatic heterocycles. The number of rotatable bonds is 6. The van der Waals surface area contributed by atoms with Gasteiger partial charge in [0.1, 0.15) is 0 Å². The van der Waals surface area contributed by atoms with E-state index in [1.54, 1.807) is 0 Å². The van der Waals surface area contributed by atoms with E-state index in [1.807, 2.05) is 12.4 Å². The average Bonchev–Trinajstić information content (AvgIpc) is 2.80. The zero-order chi connectivity index (χ0) is 20.8. The molecular weight excluding hydrogens is 372 g/mol. The summed E-state index contributed by atoms with van der Waals surface area (Å²) < 4.78 is 0. The number of aryl methyl sites for hydroxylation is 1. The van der Waals surface area contributed by atoms with Crippen molar-refractivity contribution in [3.63, 3.8) is 0 Å². The second-order valence-electron chi connectivity index (χ2n) is 8.90. The molecule has 0 saturated carbocycles. The first-order chi connectivity index (χ1) is 14.7. The van der Waals surface area contributed by atoms with Gasteiger partial charge in [0.25, 0.3) is 0 Å². The number of likely N-dealkylation sites (tertiary alicyclic amines) is 2. The van der Waals surface area contributed by atoms with Gasteiger partial charge in [0, 0.05) is 38.1 Å². The van der Waals surface area contributed by atoms with Gasteiger partial charge in [0.05, 0.1) is 5.92 Å². The molecule has 2 aliphatic rings. The minimum Gasteiger partial charge on any atom is -0.352 e. The SMILES string of the molecule is Cc1ccc(CNC(=O)[C@H]2CCCN(C3CCN(Cc4ccncc4)CC3)C2)cc1. The number of nitrogens with zero attached hydrogens (tertiary/aromatic N) is 3. The van der Waals surface area contributed by atoms with Gasteiger partial charge in [-0.1, -0.05) is 29.8 Å². The van der Waals surface area contributed by atoms with E-state index < -0.39 is 0 Å². The molecule has 0 unspecified atom stereocenters. The van der Waals surface area contributed by atoms with Crippen LogP contribution in [0.4, 0.5) is 0 Å². The summed E-state index contributed by atoms with van der Waals surface area (Å²) in [4.78, 5) is 22.0. The summed E-state index contributed by atoms with van der Waals surface area (Å²) in [7, 11) is 0. The molecule has 1 aromatic heterocycles. The molecule has 1 N–H and O–H groups in total. The molecule has 30 heavy (non-hydrogen) atoms. The summed E-state index contributed by atoms with van der Waals surface area (Å²) >= 11 is 0. The maximum atomic E-state index is 12.8. The van der Waals surface area contributed by atoms with Crippen LogP contribution >= 0.6 is 0 Å². The predicted molar refractivity (Wildman–Crippen MR) is 120 cm³/mol. The highest BCUT2D eigenvalue weighted by Gasteiger charge is 2.31. The number of carbonyl (C=O) groups is 1. The molecule has 1 atom stereocenters. The van der Waals surface area contributed by atoms with Crippen LogP contribution in [0.5, 0.6) is 0 Å². The van der Waals surface area contributed by atoms with E-state index in [-0.39, 0.29) is 11.8 Å². The van der Waals surface area contributed by atoms with Crippen LogP contribution in [0.15, 0.2) is 48.8 Å². The van der Waals surface area contributed by atoms with Crippen LogP contribution in [-0.4, -0.2) is 52.9 Å². The Morgan fingerprint density at radius 3 is 2.47 bits per heavy atom. The van der Waals surface area contributed by atoms with Crippen molar-refractivity contribution in [1.82, 2.24) is 20.1 Å². The van der Waals surface area contributed by atoms with Crippen molar-refractivity contribution in [2.45, 2.75) is 51.7 Å². The highest BCUT2D eigenvalue weighted by atomic mass is 16.1. The molecule has 4 rings (SSSR count). The fraction of sp³-hybridized carbons (Fsp3) is 0.520. The third-order valence-corrected chi connectivity index (χ3v) is 6.64. The second-order valence-corrected chi connectivity index (χ2v) is 8.90. The summed E-state index contributed by atoms with van der Waals surface area (Å²) in [6.07, 6.45) is 8.28. The first kappa shape index (κ1) is 21.0. The van der Waals surface area contributed by atoms with Crippen LogP contribution in [0, 0.1) is 12.8 Å². The molecule has 2 saturated heterocycles. The zero-order valence-electron chi connectivity index (χ0n) is 18.1. The number of pyridine rings is 1. The Morgan fingerprint density at radius 2 is 1.73 bits per heavy atom. The van der Waals surface area contributed by atoms with E-state index >= 15 is 0 Å². The summed E-state index contributed by atoms with van der Waals surface area (Å²) in [6, 6.07) is 13.2. The second kappa shape index (κ2) is 10.2. The fourth-order valence-electron chi connectivity index (χ4n) is 4.78. The van der Waals surface area contributed by atoms with Crippen LogP contribution < -0.4 is 5.32 Å². The lowest BCUT2D eigenvalue weighted by Gasteiger charge is -2.42. The molecule has 5 nitrogen and oxygen atoms in total. The van der Waals surface area contributed by atoms with Gasteiger partial charge >= 0.3 is 0 Å². The Balaban J connectivity index is 1.23. The van der Waals surface area contributed by atoms with Crippen LogP contribution in [0.1, 0.15) is 42.4 Å². The average molecular weight is 407 g/mol. The smallest absolute Gasteiger partial charge is 0.224 e. The van der Waals surface area contributed by atoms with Gasteiger partial charge in [-0.3, -0.25) is 19.6 Å². The van der Waals surface area contributed by atoms with Crippen molar-refractivity contribution in [3.05, 3.63) is 65.5 Å². The normalized spacial score (nSPS) is 21.4. The Labute approximate surface area is 180 Å². The Bertz CT molecular complexity index is 800. The standard InChI is InChI=1S/C25H34N4O/c1-20-4-6-21(7-5-20)17-27-25(30)23-3-2-14-29(19-23)24-10-15-28(16-11-24)18-22-8-12-26-13-9-22/h4-9,12-13,23-24H,2-3,10-11,14-19H2,1H3,(H,27,30)/t23-/m0/s1. The van der Waals surface area contributed by atoms with Crippen LogP contribution in [0.25, 0.3) is 0 Å². The van der Waals surface area contributed by atoms with Crippen LogP contribution in [0.3, 0.4) is 0 Å². The molecule has 0 radical (unpaired) electrons. The summed E-state index contributed by atoms with van der Waals surface area (Å²) in [5.41, 5.74) is 3.76. The molecule has 3 heterocycles. The molecule has 0 spiro atoms. The maximum Gasteiger partial charge on any atom is 0.224 e. The van der Waals surface area contributed by atoms with Crippen molar-refractivity contribution in [3.8, 4) is 0 Å². The number of aromatic nitrogens is 1. The third-order valence-electron chi connectivity index (χ3n) is 6.64. The van der Waals surface area contributed by atoms with Gasteiger partial charge in [-0.05, 0) is 75.5 Å². The summed E-state index contributed by atoms with van der Waals surface area (Å²) in [5, 5.41) is 3.17. The van der Waals surface area contributed by atoms with E-state index in [2.05, 4.69) is 63.4 Å². The maximum absolute atomic E-state index is 12.8. The van der Waals surface area contributed by atoms with Crippen LogP contribution in [0.2, 0.25) is 0 Å². The number of amides is 1. The lowest BCUT2D eigenvalue weighted by Crippen LogP contribution is -2.50.